The first-order chi connectivity index (χ1) is 9.38. The maximum Gasteiger partial charge on any atom is 0.172 e. The molecule has 0 spiro atoms. The molecular weight excluding hydrogens is 278 g/mol. The van der Waals surface area contributed by atoms with E-state index in [-0.39, 0.29) is 5.41 Å². The number of aldehydes is 1. The smallest absolute Gasteiger partial charge is 0.172 e. The predicted molar refractivity (Wildman–Crippen MR) is 77.0 cm³/mol. The number of benzene rings is 1. The van der Waals surface area contributed by atoms with Crippen molar-refractivity contribution in [2.75, 3.05) is 7.11 Å². The molecule has 20 heavy (non-hydrogen) atoms. The lowest BCUT2D eigenvalue weighted by molar-refractivity contribution is 0.111. The Labute approximate surface area is 122 Å². The highest BCUT2D eigenvalue weighted by molar-refractivity contribution is 6.32. The normalized spacial score (nSPS) is 11.4. The van der Waals surface area contributed by atoms with Gasteiger partial charge in [0.15, 0.2) is 6.29 Å². The third-order valence-electron chi connectivity index (χ3n) is 2.90. The van der Waals surface area contributed by atoms with Crippen molar-refractivity contribution in [3.8, 4) is 11.4 Å². The summed E-state index contributed by atoms with van der Waals surface area (Å²) in [5.41, 5.74) is 1.55. The van der Waals surface area contributed by atoms with Gasteiger partial charge < -0.3 is 4.74 Å². The fourth-order valence-electron chi connectivity index (χ4n) is 2.04. The first-order valence-electron chi connectivity index (χ1n) is 6.13. The van der Waals surface area contributed by atoms with Gasteiger partial charge in [-0.25, -0.2) is 4.68 Å². The lowest BCUT2D eigenvalue weighted by Crippen LogP contribution is -2.19. The van der Waals surface area contributed by atoms with Gasteiger partial charge in [-0.2, -0.15) is 0 Å². The van der Waals surface area contributed by atoms with Crippen LogP contribution in [-0.2, 0) is 5.41 Å². The Morgan fingerprint density at radius 1 is 1.35 bits per heavy atom. The molecule has 106 valence electrons. The second-order valence-electron chi connectivity index (χ2n) is 5.42. The zero-order valence-electron chi connectivity index (χ0n) is 11.8. The molecule has 1 aromatic heterocycles. The van der Waals surface area contributed by atoms with Gasteiger partial charge in [-0.15, -0.1) is 5.10 Å². The average Bonchev–Trinajstić information content (AvgIpc) is 2.82. The molecule has 0 saturated carbocycles. The minimum absolute atomic E-state index is 0.272. The molecule has 5 nitrogen and oxygen atoms in total. The van der Waals surface area contributed by atoms with E-state index in [1.807, 2.05) is 26.8 Å². The van der Waals surface area contributed by atoms with E-state index in [0.29, 0.717) is 16.5 Å². The molecule has 0 aliphatic rings. The first kappa shape index (κ1) is 14.5. The van der Waals surface area contributed by atoms with Crippen LogP contribution < -0.4 is 4.74 Å². The van der Waals surface area contributed by atoms with Crippen LogP contribution in [0.25, 0.3) is 5.69 Å². The number of methoxy groups -OCH3 is 1. The summed E-state index contributed by atoms with van der Waals surface area (Å²) in [6, 6.07) is 5.31. The van der Waals surface area contributed by atoms with E-state index in [9.17, 15) is 4.79 Å². The molecular formula is C14H16ClN3O2. The van der Waals surface area contributed by atoms with Gasteiger partial charge in [0.2, 0.25) is 0 Å². The summed E-state index contributed by atoms with van der Waals surface area (Å²) >= 11 is 6.13. The highest BCUT2D eigenvalue weighted by Crippen LogP contribution is 2.30. The topological polar surface area (TPSA) is 57.0 Å². The Morgan fingerprint density at radius 3 is 2.55 bits per heavy atom. The molecule has 0 N–H and O–H groups in total. The largest absolute Gasteiger partial charge is 0.495 e. The number of carbonyl (C=O) groups excluding carboxylic acids is 1. The molecule has 2 aromatic rings. The Hall–Kier alpha value is -1.88. The second-order valence-corrected chi connectivity index (χ2v) is 5.83. The van der Waals surface area contributed by atoms with Crippen LogP contribution in [0.4, 0.5) is 0 Å². The maximum atomic E-state index is 11.1. The molecule has 0 saturated heterocycles. The third kappa shape index (κ3) is 2.54. The number of aromatic nitrogens is 3. The summed E-state index contributed by atoms with van der Waals surface area (Å²) < 4.78 is 6.76. The lowest BCUT2D eigenvalue weighted by atomic mass is 9.90. The fraction of sp³-hybridized carbons (Fsp3) is 0.357. The van der Waals surface area contributed by atoms with Crippen molar-refractivity contribution >= 4 is 17.9 Å². The molecule has 0 radical (unpaired) electrons. The van der Waals surface area contributed by atoms with Gasteiger partial charge in [-0.1, -0.05) is 37.6 Å². The van der Waals surface area contributed by atoms with Crippen LogP contribution in [0, 0.1) is 0 Å². The van der Waals surface area contributed by atoms with Crippen LogP contribution in [0.3, 0.4) is 0 Å². The Bertz CT molecular complexity index is 644. The van der Waals surface area contributed by atoms with E-state index in [2.05, 4.69) is 10.3 Å². The Kier molecular flexibility index (Phi) is 3.81. The van der Waals surface area contributed by atoms with Gasteiger partial charge in [-0.3, -0.25) is 4.79 Å². The summed E-state index contributed by atoms with van der Waals surface area (Å²) in [6.07, 6.45) is 0.717. The molecule has 1 aromatic carbocycles. The van der Waals surface area contributed by atoms with E-state index in [4.69, 9.17) is 16.3 Å². The molecule has 1 heterocycles. The number of rotatable bonds is 3. The quantitative estimate of drug-likeness (QED) is 0.816. The predicted octanol–water partition coefficient (Wildman–Crippen LogP) is 3.04. The van der Waals surface area contributed by atoms with Crippen molar-refractivity contribution in [3.05, 3.63) is 34.6 Å². The summed E-state index contributed by atoms with van der Waals surface area (Å²) in [7, 11) is 1.56. The van der Waals surface area contributed by atoms with E-state index in [1.54, 1.807) is 23.9 Å². The van der Waals surface area contributed by atoms with Gasteiger partial charge in [0.25, 0.3) is 0 Å². The highest BCUT2D eigenvalue weighted by atomic mass is 35.5. The monoisotopic (exact) mass is 293 g/mol. The van der Waals surface area contributed by atoms with Crippen LogP contribution >= 0.6 is 11.6 Å². The van der Waals surface area contributed by atoms with Crippen LogP contribution in [0.15, 0.2) is 18.2 Å². The Morgan fingerprint density at radius 2 is 2.05 bits per heavy atom. The maximum absolute atomic E-state index is 11.1. The summed E-state index contributed by atoms with van der Waals surface area (Å²) in [5.74, 6) is 0.587. The molecule has 0 amide bonds. The second kappa shape index (κ2) is 5.25. The molecule has 2 rings (SSSR count). The van der Waals surface area contributed by atoms with Gasteiger partial charge in [0.05, 0.1) is 23.5 Å². The van der Waals surface area contributed by atoms with Crippen LogP contribution in [-0.4, -0.2) is 28.4 Å². The lowest BCUT2D eigenvalue weighted by Gasteiger charge is -2.20. The molecule has 0 bridgehead atoms. The molecule has 0 atom stereocenters. The highest BCUT2D eigenvalue weighted by Gasteiger charge is 2.26. The van der Waals surface area contributed by atoms with E-state index >= 15 is 0 Å². The SMILES string of the molecule is COc1ccc(-n2nnc(C=O)c2C(C)(C)C)cc1Cl. The zero-order chi connectivity index (χ0) is 14.9. The number of halogens is 1. The van der Waals surface area contributed by atoms with Crippen molar-refractivity contribution in [2.45, 2.75) is 26.2 Å². The van der Waals surface area contributed by atoms with Crippen LogP contribution in [0.5, 0.6) is 5.75 Å². The first-order valence-corrected chi connectivity index (χ1v) is 6.51. The van der Waals surface area contributed by atoms with Crippen molar-refractivity contribution in [2.24, 2.45) is 0 Å². The van der Waals surface area contributed by atoms with Crippen molar-refractivity contribution < 1.29 is 9.53 Å². The summed E-state index contributed by atoms with van der Waals surface area (Å²) in [4.78, 5) is 11.1. The van der Waals surface area contributed by atoms with Gasteiger partial charge >= 0.3 is 0 Å². The van der Waals surface area contributed by atoms with Crippen LogP contribution in [0.2, 0.25) is 5.02 Å². The molecule has 0 aliphatic carbocycles. The standard InChI is InChI=1S/C14H16ClN3O2/c1-14(2,3)13-11(8-19)16-17-18(13)9-5-6-12(20-4)10(15)7-9/h5-8H,1-4H3. The number of hydrogen-bond donors (Lipinski definition) is 0. The number of hydrogen-bond acceptors (Lipinski definition) is 4. The molecule has 6 heteroatoms. The fourth-order valence-corrected chi connectivity index (χ4v) is 2.29. The van der Waals surface area contributed by atoms with E-state index in [1.165, 1.54) is 0 Å². The van der Waals surface area contributed by atoms with Crippen molar-refractivity contribution in [3.63, 3.8) is 0 Å². The number of carbonyl (C=O) groups is 1. The average molecular weight is 294 g/mol. The van der Waals surface area contributed by atoms with Gasteiger partial charge in [-0.05, 0) is 18.2 Å². The zero-order valence-corrected chi connectivity index (χ0v) is 12.6. The minimum Gasteiger partial charge on any atom is -0.495 e. The van der Waals surface area contributed by atoms with Gasteiger partial charge in [0, 0.05) is 5.41 Å². The molecule has 0 unspecified atom stereocenters. The molecule has 0 fully saturated rings. The number of nitrogens with zero attached hydrogens (tertiary/aromatic N) is 3. The summed E-state index contributed by atoms with van der Waals surface area (Å²) in [6.45, 7) is 6.00. The van der Waals surface area contributed by atoms with Crippen molar-refractivity contribution in [1.29, 1.82) is 0 Å². The Balaban J connectivity index is 2.61. The van der Waals surface area contributed by atoms with Crippen LogP contribution in [0.1, 0.15) is 37.0 Å². The third-order valence-corrected chi connectivity index (χ3v) is 3.19. The summed E-state index contributed by atoms with van der Waals surface area (Å²) in [5, 5.41) is 8.46. The molecule has 0 aliphatic heterocycles. The number of ether oxygens (including phenoxy) is 1. The van der Waals surface area contributed by atoms with Crippen molar-refractivity contribution in [1.82, 2.24) is 15.0 Å². The van der Waals surface area contributed by atoms with Gasteiger partial charge in [0.1, 0.15) is 11.4 Å². The van der Waals surface area contributed by atoms with E-state index < -0.39 is 0 Å². The van der Waals surface area contributed by atoms with E-state index in [0.717, 1.165) is 17.7 Å². The minimum atomic E-state index is -0.272.